The molecule has 0 aliphatic carbocycles. The van der Waals surface area contributed by atoms with Crippen LogP contribution in [0.4, 0.5) is 18.9 Å². The number of carboxylic acid groups (broad SMARTS) is 1. The minimum Gasteiger partial charge on any atom is -0.478 e. The van der Waals surface area contributed by atoms with Gasteiger partial charge in [-0.3, -0.25) is 0 Å². The summed E-state index contributed by atoms with van der Waals surface area (Å²) in [6.07, 6.45) is -2.72. The van der Waals surface area contributed by atoms with E-state index in [1.165, 1.54) is 23.9 Å². The van der Waals surface area contributed by atoms with Crippen molar-refractivity contribution >= 4 is 23.4 Å². The number of carboxylic acids is 1. The molecular formula is C10H10F3NO2S. The molecule has 0 aromatic heterocycles. The van der Waals surface area contributed by atoms with Crippen LogP contribution in [-0.2, 0) is 0 Å². The molecule has 0 saturated carbocycles. The lowest BCUT2D eigenvalue weighted by Crippen LogP contribution is -2.22. The van der Waals surface area contributed by atoms with Crippen LogP contribution in [0.5, 0.6) is 0 Å². The van der Waals surface area contributed by atoms with Gasteiger partial charge in [-0.1, -0.05) is 6.07 Å². The Kier molecular flexibility index (Phi) is 4.28. The van der Waals surface area contributed by atoms with Gasteiger partial charge in [-0.05, 0) is 18.4 Å². The predicted molar refractivity (Wildman–Crippen MR) is 59.7 cm³/mol. The Bertz CT molecular complexity index is 421. The smallest absolute Gasteiger partial charge is 0.405 e. The Morgan fingerprint density at radius 1 is 1.47 bits per heavy atom. The first-order valence-electron chi connectivity index (χ1n) is 4.56. The number of rotatable bonds is 4. The number of anilines is 1. The molecule has 0 spiro atoms. The highest BCUT2D eigenvalue weighted by atomic mass is 32.2. The van der Waals surface area contributed by atoms with E-state index >= 15 is 0 Å². The van der Waals surface area contributed by atoms with Crippen molar-refractivity contribution in [1.82, 2.24) is 0 Å². The number of nitrogens with one attached hydrogen (secondary N) is 1. The third-order valence-corrected chi connectivity index (χ3v) is 2.72. The van der Waals surface area contributed by atoms with E-state index in [-0.39, 0.29) is 11.3 Å². The van der Waals surface area contributed by atoms with E-state index in [1.807, 2.05) is 0 Å². The van der Waals surface area contributed by atoms with E-state index in [4.69, 9.17) is 5.11 Å². The molecule has 0 atom stereocenters. The SMILES string of the molecule is CSc1cccc(NCC(F)(F)F)c1C(=O)O. The lowest BCUT2D eigenvalue weighted by Gasteiger charge is -2.13. The Labute approximate surface area is 100 Å². The molecule has 0 amide bonds. The predicted octanol–water partition coefficient (Wildman–Crippen LogP) is 3.08. The topological polar surface area (TPSA) is 49.3 Å². The minimum atomic E-state index is -4.38. The van der Waals surface area contributed by atoms with E-state index in [0.29, 0.717) is 4.90 Å². The third kappa shape index (κ3) is 3.85. The summed E-state index contributed by atoms with van der Waals surface area (Å²) in [5, 5.41) is 11.1. The molecule has 1 aromatic carbocycles. The van der Waals surface area contributed by atoms with Gasteiger partial charge in [-0.2, -0.15) is 13.2 Å². The maximum atomic E-state index is 12.0. The van der Waals surface area contributed by atoms with E-state index in [2.05, 4.69) is 5.32 Å². The fraction of sp³-hybridized carbons (Fsp3) is 0.300. The molecule has 0 unspecified atom stereocenters. The molecule has 17 heavy (non-hydrogen) atoms. The summed E-state index contributed by atoms with van der Waals surface area (Å²) in [5.41, 5.74) is -0.161. The van der Waals surface area contributed by atoms with Gasteiger partial charge < -0.3 is 10.4 Å². The number of halogens is 3. The molecule has 3 nitrogen and oxygen atoms in total. The Morgan fingerprint density at radius 2 is 2.12 bits per heavy atom. The molecule has 0 radical (unpaired) electrons. The van der Waals surface area contributed by atoms with Crippen LogP contribution < -0.4 is 5.32 Å². The highest BCUT2D eigenvalue weighted by Gasteiger charge is 2.27. The summed E-state index contributed by atoms with van der Waals surface area (Å²) in [5.74, 6) is -1.25. The summed E-state index contributed by atoms with van der Waals surface area (Å²) in [6.45, 7) is -1.26. The lowest BCUT2D eigenvalue weighted by atomic mass is 10.2. The van der Waals surface area contributed by atoms with Gasteiger partial charge in [0.15, 0.2) is 0 Å². The van der Waals surface area contributed by atoms with Crippen molar-refractivity contribution in [2.24, 2.45) is 0 Å². The van der Waals surface area contributed by atoms with Crippen LogP contribution in [0.2, 0.25) is 0 Å². The molecule has 1 aromatic rings. The number of thioether (sulfide) groups is 1. The van der Waals surface area contributed by atoms with Gasteiger partial charge in [0.25, 0.3) is 0 Å². The highest BCUT2D eigenvalue weighted by Crippen LogP contribution is 2.28. The largest absolute Gasteiger partial charge is 0.478 e. The summed E-state index contributed by atoms with van der Waals surface area (Å²) < 4.78 is 36.1. The Hall–Kier alpha value is -1.37. The summed E-state index contributed by atoms with van der Waals surface area (Å²) in [6, 6.07) is 4.37. The fourth-order valence-electron chi connectivity index (χ4n) is 1.26. The van der Waals surface area contributed by atoms with Gasteiger partial charge in [0, 0.05) is 4.90 Å². The van der Waals surface area contributed by atoms with Crippen molar-refractivity contribution in [2.75, 3.05) is 18.1 Å². The van der Waals surface area contributed by atoms with Crippen LogP contribution in [0.25, 0.3) is 0 Å². The number of alkyl halides is 3. The second-order valence-corrected chi connectivity index (χ2v) is 4.00. The summed E-state index contributed by atoms with van der Waals surface area (Å²) >= 11 is 1.17. The molecule has 0 bridgehead atoms. The lowest BCUT2D eigenvalue weighted by molar-refractivity contribution is -0.115. The van der Waals surface area contributed by atoms with Crippen LogP contribution in [-0.4, -0.2) is 30.1 Å². The maximum absolute atomic E-state index is 12.0. The molecule has 1 rings (SSSR count). The molecular weight excluding hydrogens is 255 g/mol. The van der Waals surface area contributed by atoms with E-state index < -0.39 is 18.7 Å². The van der Waals surface area contributed by atoms with Crippen LogP contribution in [0, 0.1) is 0 Å². The van der Waals surface area contributed by atoms with Crippen molar-refractivity contribution in [1.29, 1.82) is 0 Å². The molecule has 2 N–H and O–H groups in total. The molecule has 7 heteroatoms. The average molecular weight is 265 g/mol. The molecule has 0 saturated heterocycles. The zero-order chi connectivity index (χ0) is 13.1. The molecule has 0 heterocycles. The van der Waals surface area contributed by atoms with Gasteiger partial charge in [0.05, 0.1) is 11.3 Å². The normalized spacial score (nSPS) is 11.3. The van der Waals surface area contributed by atoms with Gasteiger partial charge in [-0.25, -0.2) is 4.79 Å². The molecule has 94 valence electrons. The minimum absolute atomic E-state index is 0.0262. The first kappa shape index (κ1) is 13.7. The van der Waals surface area contributed by atoms with Crippen LogP contribution in [0.3, 0.4) is 0 Å². The second kappa shape index (κ2) is 5.31. The van der Waals surface area contributed by atoms with Gasteiger partial charge in [-0.15, -0.1) is 11.8 Å². The average Bonchev–Trinajstić information content (AvgIpc) is 2.24. The zero-order valence-corrected chi connectivity index (χ0v) is 9.65. The van der Waals surface area contributed by atoms with Crippen molar-refractivity contribution in [3.63, 3.8) is 0 Å². The maximum Gasteiger partial charge on any atom is 0.405 e. The standard InChI is InChI=1S/C10H10F3NO2S/c1-17-7-4-2-3-6(8(7)9(15)16)14-5-10(11,12)13/h2-4,14H,5H2,1H3,(H,15,16). The van der Waals surface area contributed by atoms with Gasteiger partial charge >= 0.3 is 12.1 Å². The number of aromatic carboxylic acids is 1. The van der Waals surface area contributed by atoms with Gasteiger partial charge in [0.2, 0.25) is 0 Å². The first-order valence-corrected chi connectivity index (χ1v) is 5.78. The summed E-state index contributed by atoms with van der Waals surface area (Å²) in [7, 11) is 0. The van der Waals surface area contributed by atoms with Crippen molar-refractivity contribution < 1.29 is 23.1 Å². The monoisotopic (exact) mass is 265 g/mol. The van der Waals surface area contributed by atoms with E-state index in [0.717, 1.165) is 0 Å². The highest BCUT2D eigenvalue weighted by molar-refractivity contribution is 7.98. The van der Waals surface area contributed by atoms with Crippen LogP contribution >= 0.6 is 11.8 Å². The zero-order valence-electron chi connectivity index (χ0n) is 8.84. The third-order valence-electron chi connectivity index (χ3n) is 1.94. The van der Waals surface area contributed by atoms with Crippen LogP contribution in [0.1, 0.15) is 10.4 Å². The molecule has 0 fully saturated rings. The second-order valence-electron chi connectivity index (χ2n) is 3.16. The Balaban J connectivity index is 3.02. The van der Waals surface area contributed by atoms with Gasteiger partial charge in [0.1, 0.15) is 6.54 Å². The number of benzene rings is 1. The summed E-state index contributed by atoms with van der Waals surface area (Å²) in [4.78, 5) is 11.4. The molecule has 0 aliphatic rings. The first-order chi connectivity index (χ1) is 7.85. The number of hydrogen-bond donors (Lipinski definition) is 2. The number of carbonyl (C=O) groups is 1. The molecule has 0 aliphatic heterocycles. The van der Waals surface area contributed by atoms with E-state index in [9.17, 15) is 18.0 Å². The Morgan fingerprint density at radius 3 is 2.59 bits per heavy atom. The van der Waals surface area contributed by atoms with Crippen molar-refractivity contribution in [2.45, 2.75) is 11.1 Å². The van der Waals surface area contributed by atoms with Crippen molar-refractivity contribution in [3.05, 3.63) is 23.8 Å². The fourth-order valence-corrected chi connectivity index (χ4v) is 1.88. The van der Waals surface area contributed by atoms with Crippen molar-refractivity contribution in [3.8, 4) is 0 Å². The number of hydrogen-bond acceptors (Lipinski definition) is 3. The van der Waals surface area contributed by atoms with Crippen LogP contribution in [0.15, 0.2) is 23.1 Å². The van der Waals surface area contributed by atoms with E-state index in [1.54, 1.807) is 12.3 Å². The quantitative estimate of drug-likeness (QED) is 0.821.